The Morgan fingerprint density at radius 1 is 0.904 bits per heavy atom. The summed E-state index contributed by atoms with van der Waals surface area (Å²) < 4.78 is 12.2. The second kappa shape index (κ2) is 13.8. The van der Waals surface area contributed by atoms with Crippen molar-refractivity contribution in [2.75, 3.05) is 18.5 Å². The highest BCUT2D eigenvalue weighted by Crippen LogP contribution is 2.64. The van der Waals surface area contributed by atoms with Crippen LogP contribution < -0.4 is 15.8 Å². The second-order valence-corrected chi connectivity index (χ2v) is 13.8. The number of allylic oxidation sites excluding steroid dienone is 2. The van der Waals surface area contributed by atoms with E-state index in [-0.39, 0.29) is 13.2 Å². The van der Waals surface area contributed by atoms with Gasteiger partial charge in [-0.1, -0.05) is 90.7 Å². The van der Waals surface area contributed by atoms with E-state index in [1.807, 2.05) is 102 Å². The number of cyclic esters (lactones) is 1. The lowest BCUT2D eigenvalue weighted by molar-refractivity contribution is -0.178. The Balaban J connectivity index is 1.40. The minimum Gasteiger partial charge on any atom is -0.491 e. The van der Waals surface area contributed by atoms with E-state index >= 15 is 0 Å². The van der Waals surface area contributed by atoms with Gasteiger partial charge in [0.1, 0.15) is 29.9 Å². The predicted molar refractivity (Wildman–Crippen MR) is 195 cm³/mol. The lowest BCUT2D eigenvalue weighted by Gasteiger charge is -2.46. The lowest BCUT2D eigenvalue weighted by atomic mass is 9.65. The molecule has 9 heteroatoms. The number of rotatable bonds is 7. The van der Waals surface area contributed by atoms with Crippen molar-refractivity contribution in [1.29, 1.82) is 0 Å². The highest BCUT2D eigenvalue weighted by Gasteiger charge is 2.73. The molecule has 0 aromatic heterocycles. The first-order valence-electron chi connectivity index (χ1n) is 17.8. The van der Waals surface area contributed by atoms with E-state index < -0.39 is 53.3 Å². The topological polar surface area (TPSA) is 131 Å². The predicted octanol–water partition coefficient (Wildman–Crippen LogP) is 5.67. The van der Waals surface area contributed by atoms with Gasteiger partial charge < -0.3 is 25.6 Å². The van der Waals surface area contributed by atoms with Crippen LogP contribution in [0, 0.1) is 17.8 Å². The van der Waals surface area contributed by atoms with Crippen LogP contribution in [0.2, 0.25) is 0 Å². The number of fused-ring (bicyclic) bond motifs is 3. The number of hydrogen-bond donors (Lipinski definition) is 3. The molecule has 4 aromatic rings. The van der Waals surface area contributed by atoms with Gasteiger partial charge in [0, 0.05) is 11.3 Å². The number of amides is 2. The third-order valence-corrected chi connectivity index (χ3v) is 10.8. The molecule has 4 N–H and O–H groups in total. The van der Waals surface area contributed by atoms with Gasteiger partial charge in [-0.3, -0.25) is 19.3 Å². The van der Waals surface area contributed by atoms with Crippen molar-refractivity contribution in [1.82, 2.24) is 4.90 Å². The Bertz CT molecular complexity index is 2120. The Labute approximate surface area is 302 Å². The van der Waals surface area contributed by atoms with E-state index in [1.165, 1.54) is 0 Å². The van der Waals surface area contributed by atoms with Crippen LogP contribution in [0.5, 0.6) is 5.75 Å². The van der Waals surface area contributed by atoms with Crippen molar-refractivity contribution < 1.29 is 29.0 Å². The summed E-state index contributed by atoms with van der Waals surface area (Å²) in [5.74, 6) is 3.91. The normalized spacial score (nSPS) is 26.3. The van der Waals surface area contributed by atoms with Gasteiger partial charge in [0.05, 0.1) is 24.6 Å². The van der Waals surface area contributed by atoms with Crippen LogP contribution in [0.4, 0.5) is 5.69 Å². The summed E-state index contributed by atoms with van der Waals surface area (Å²) in [5, 5.41) is 12.6. The fourth-order valence-electron chi connectivity index (χ4n) is 8.74. The first kappa shape index (κ1) is 33.5. The number of aliphatic hydroxyl groups is 1. The molecule has 0 saturated carbocycles. The summed E-state index contributed by atoms with van der Waals surface area (Å²) in [5.41, 5.74) is 9.77. The van der Waals surface area contributed by atoms with E-state index in [1.54, 1.807) is 6.07 Å². The number of aliphatic hydroxyl groups excluding tert-OH is 1. The number of hydrogen-bond acceptors (Lipinski definition) is 7. The van der Waals surface area contributed by atoms with Gasteiger partial charge in [0.15, 0.2) is 0 Å². The van der Waals surface area contributed by atoms with Crippen molar-refractivity contribution in [3.8, 4) is 17.6 Å². The summed E-state index contributed by atoms with van der Waals surface area (Å²) in [6, 6.07) is 29.3. The van der Waals surface area contributed by atoms with E-state index in [9.17, 15) is 19.5 Å². The molecule has 262 valence electrons. The Hall–Kier alpha value is -5.69. The zero-order chi connectivity index (χ0) is 35.8. The third kappa shape index (κ3) is 5.56. The number of nitrogens with two attached hydrogens (primary N) is 1. The molecule has 2 saturated heterocycles. The minimum atomic E-state index is -1.67. The first-order chi connectivity index (χ1) is 25.4. The van der Waals surface area contributed by atoms with Gasteiger partial charge in [0.2, 0.25) is 11.8 Å². The van der Waals surface area contributed by atoms with Gasteiger partial charge in [0.25, 0.3) is 0 Å². The fraction of sp³-hybridized carbons (Fsp3) is 0.279. The van der Waals surface area contributed by atoms with Crippen molar-refractivity contribution in [3.63, 3.8) is 0 Å². The van der Waals surface area contributed by atoms with E-state index in [2.05, 4.69) is 23.2 Å². The Kier molecular flexibility index (Phi) is 8.87. The number of carbonyl (C=O) groups excluding carboxylic acids is 3. The molecule has 6 atom stereocenters. The summed E-state index contributed by atoms with van der Waals surface area (Å²) in [6.07, 6.45) is 5.56. The number of primary amides is 1. The van der Waals surface area contributed by atoms with E-state index in [0.717, 1.165) is 42.4 Å². The maximum Gasteiger partial charge on any atom is 0.324 e. The van der Waals surface area contributed by atoms with Gasteiger partial charge in [-0.25, -0.2) is 0 Å². The zero-order valence-corrected chi connectivity index (χ0v) is 28.5. The molecule has 8 rings (SSSR count). The lowest BCUT2D eigenvalue weighted by Crippen LogP contribution is -2.53. The molecule has 1 spiro atoms. The van der Waals surface area contributed by atoms with Crippen molar-refractivity contribution in [2.45, 2.75) is 55.3 Å². The second-order valence-electron chi connectivity index (χ2n) is 13.8. The standard InChI is InChI=1S/C43H39N3O6/c44-40(48)35-37-41(49)52-38(30-15-8-3-9-16-30)36(29-13-6-2-7-14-29)46(37)39(31-17-10-18-32(26-31)51-24-23-47)43(35)33-25-28(21-22-34(33)45-42(43)50)20-19-27-11-4-1-5-12-27/h2-3,6-11,13-18,21-22,25-26,35-39,47H,1,4-5,12,23-24H2,(H2,44,48)(H,45,50)/t35-,36-,37-,38+,39+,43-/m1/s1. The van der Waals surface area contributed by atoms with Crippen LogP contribution in [0.15, 0.2) is 115 Å². The SMILES string of the molecule is NC(=O)[C@H]1[C@@H]2C(=O)O[C@@H](c3ccccc3)[C@@H](c3ccccc3)N2[C@@H](c2cccc(OCCO)c2)[C@]12C(=O)Nc1ccc(C#CC3=CCCCC3)cc12. The highest BCUT2D eigenvalue weighted by atomic mass is 16.6. The van der Waals surface area contributed by atoms with Gasteiger partial charge in [-0.2, -0.15) is 0 Å². The molecule has 3 heterocycles. The molecule has 0 unspecified atom stereocenters. The van der Waals surface area contributed by atoms with Gasteiger partial charge in [-0.15, -0.1) is 0 Å². The number of ether oxygens (including phenoxy) is 2. The van der Waals surface area contributed by atoms with Crippen LogP contribution in [0.3, 0.4) is 0 Å². The Morgan fingerprint density at radius 2 is 1.65 bits per heavy atom. The Morgan fingerprint density at radius 3 is 2.37 bits per heavy atom. The molecular formula is C43H39N3O6. The number of esters is 1. The molecule has 3 aliphatic heterocycles. The number of benzene rings is 4. The molecule has 4 aromatic carbocycles. The summed E-state index contributed by atoms with van der Waals surface area (Å²) >= 11 is 0. The van der Waals surface area contributed by atoms with Gasteiger partial charge in [-0.05, 0) is 83.8 Å². The molecule has 0 bridgehead atoms. The number of morpholine rings is 1. The number of nitrogens with one attached hydrogen (secondary N) is 1. The zero-order valence-electron chi connectivity index (χ0n) is 28.5. The van der Waals surface area contributed by atoms with Crippen molar-refractivity contribution in [3.05, 3.63) is 143 Å². The molecule has 2 fully saturated rings. The highest BCUT2D eigenvalue weighted by molar-refractivity contribution is 6.12. The monoisotopic (exact) mass is 693 g/mol. The number of anilines is 1. The average Bonchev–Trinajstić information content (AvgIpc) is 3.66. The molecule has 1 aliphatic carbocycles. The summed E-state index contributed by atoms with van der Waals surface area (Å²) in [6.45, 7) is -0.126. The molecule has 2 amide bonds. The minimum absolute atomic E-state index is 0.0618. The fourth-order valence-corrected chi connectivity index (χ4v) is 8.74. The van der Waals surface area contributed by atoms with Crippen LogP contribution in [0.25, 0.3) is 0 Å². The number of carbonyl (C=O) groups is 3. The quantitative estimate of drug-likeness (QED) is 0.168. The van der Waals surface area contributed by atoms with Crippen LogP contribution in [-0.2, 0) is 24.5 Å². The molecule has 9 nitrogen and oxygen atoms in total. The van der Waals surface area contributed by atoms with E-state index in [0.29, 0.717) is 28.1 Å². The van der Waals surface area contributed by atoms with Crippen molar-refractivity contribution >= 4 is 23.5 Å². The third-order valence-electron chi connectivity index (χ3n) is 10.8. The number of nitrogens with zero attached hydrogens (tertiary/aromatic N) is 1. The average molecular weight is 694 g/mol. The first-order valence-corrected chi connectivity index (χ1v) is 17.8. The van der Waals surface area contributed by atoms with Crippen molar-refractivity contribution in [2.24, 2.45) is 11.7 Å². The summed E-state index contributed by atoms with van der Waals surface area (Å²) in [4.78, 5) is 45.5. The smallest absolute Gasteiger partial charge is 0.324 e. The van der Waals surface area contributed by atoms with Crippen LogP contribution in [-0.4, -0.2) is 47.0 Å². The van der Waals surface area contributed by atoms with Gasteiger partial charge >= 0.3 is 5.97 Å². The molecule has 52 heavy (non-hydrogen) atoms. The summed E-state index contributed by atoms with van der Waals surface area (Å²) in [7, 11) is 0. The maximum atomic E-state index is 15.0. The molecular weight excluding hydrogens is 654 g/mol. The van der Waals surface area contributed by atoms with E-state index in [4.69, 9.17) is 15.2 Å². The molecule has 4 aliphatic rings. The largest absolute Gasteiger partial charge is 0.491 e. The molecule has 0 radical (unpaired) electrons. The van der Waals surface area contributed by atoms with Crippen LogP contribution in [0.1, 0.15) is 71.7 Å². The van der Waals surface area contributed by atoms with Crippen LogP contribution >= 0.6 is 0 Å². The maximum absolute atomic E-state index is 15.0.